The highest BCUT2D eigenvalue weighted by atomic mass is 79.9. The molecule has 4 rings (SSSR count). The van der Waals surface area contributed by atoms with Gasteiger partial charge in [0.15, 0.2) is 17.3 Å². The molecule has 0 spiro atoms. The minimum absolute atomic E-state index is 0.0226. The van der Waals surface area contributed by atoms with E-state index in [4.69, 9.17) is 9.47 Å². The zero-order valence-corrected chi connectivity index (χ0v) is 17.4. The number of hydrogen-bond acceptors (Lipinski definition) is 8. The SMILES string of the molecule is O=C(CN1C(=O)S/C(=C\c2cc3c(cc2[N+](=O)[O-])OCO3)C1=O)c1ccc(Br)cc1. The Hall–Kier alpha value is -3.18. The summed E-state index contributed by atoms with van der Waals surface area (Å²) in [5.41, 5.74) is 0.151. The fourth-order valence-corrected chi connectivity index (χ4v) is 3.96. The van der Waals surface area contributed by atoms with Crippen LogP contribution in [0.2, 0.25) is 0 Å². The largest absolute Gasteiger partial charge is 0.454 e. The molecule has 152 valence electrons. The molecule has 1 fully saturated rings. The molecule has 2 aromatic carbocycles. The van der Waals surface area contributed by atoms with Gasteiger partial charge in [0.25, 0.3) is 16.8 Å². The Morgan fingerprint density at radius 2 is 1.87 bits per heavy atom. The molecule has 2 aliphatic heterocycles. The molecule has 9 nitrogen and oxygen atoms in total. The van der Waals surface area contributed by atoms with Crippen molar-refractivity contribution in [1.82, 2.24) is 4.90 Å². The van der Waals surface area contributed by atoms with E-state index in [2.05, 4.69) is 15.9 Å². The maximum Gasteiger partial charge on any atom is 0.293 e. The zero-order valence-electron chi connectivity index (χ0n) is 15.0. The first-order chi connectivity index (χ1) is 14.3. The van der Waals surface area contributed by atoms with E-state index in [0.717, 1.165) is 9.37 Å². The summed E-state index contributed by atoms with van der Waals surface area (Å²) in [6, 6.07) is 9.10. The number of fused-ring (bicyclic) bond motifs is 1. The summed E-state index contributed by atoms with van der Waals surface area (Å²) in [6.07, 6.45) is 1.25. The Bertz CT molecular complexity index is 1130. The molecule has 2 amide bonds. The van der Waals surface area contributed by atoms with Crippen molar-refractivity contribution in [2.24, 2.45) is 0 Å². The topological polar surface area (TPSA) is 116 Å². The second-order valence-electron chi connectivity index (χ2n) is 6.22. The van der Waals surface area contributed by atoms with Crippen LogP contribution in [0.1, 0.15) is 15.9 Å². The fourth-order valence-electron chi connectivity index (χ4n) is 2.87. The summed E-state index contributed by atoms with van der Waals surface area (Å²) >= 11 is 3.88. The number of carbonyl (C=O) groups excluding carboxylic acids is 3. The predicted octanol–water partition coefficient (Wildman–Crippen LogP) is 4.01. The van der Waals surface area contributed by atoms with Gasteiger partial charge in [-0.1, -0.05) is 28.1 Å². The normalized spacial score (nSPS) is 16.4. The number of Topliss-reactive ketones (excluding diaryl/α,β-unsaturated/α-hetero) is 1. The van der Waals surface area contributed by atoms with Gasteiger partial charge in [0.2, 0.25) is 6.79 Å². The molecule has 30 heavy (non-hydrogen) atoms. The predicted molar refractivity (Wildman–Crippen MR) is 110 cm³/mol. The molecular formula is C19H11BrN2O7S. The van der Waals surface area contributed by atoms with Crippen molar-refractivity contribution in [2.75, 3.05) is 13.3 Å². The first-order valence-electron chi connectivity index (χ1n) is 8.45. The van der Waals surface area contributed by atoms with Crippen LogP contribution >= 0.6 is 27.7 Å². The Kier molecular flexibility index (Phi) is 5.31. The Balaban J connectivity index is 1.60. The van der Waals surface area contributed by atoms with Crippen molar-refractivity contribution in [3.63, 3.8) is 0 Å². The summed E-state index contributed by atoms with van der Waals surface area (Å²) in [5.74, 6) is -0.564. The lowest BCUT2D eigenvalue weighted by molar-refractivity contribution is -0.385. The van der Waals surface area contributed by atoms with Crippen molar-refractivity contribution in [3.05, 3.63) is 67.0 Å². The number of ketones is 1. The molecule has 1 saturated heterocycles. The summed E-state index contributed by atoms with van der Waals surface area (Å²) in [5, 5.41) is 10.8. The van der Waals surface area contributed by atoms with Gasteiger partial charge < -0.3 is 9.47 Å². The minimum atomic E-state index is -0.692. The van der Waals surface area contributed by atoms with Gasteiger partial charge in [0.1, 0.15) is 0 Å². The number of halogens is 1. The monoisotopic (exact) mass is 490 g/mol. The molecule has 0 unspecified atom stereocenters. The molecule has 0 radical (unpaired) electrons. The maximum atomic E-state index is 12.7. The quantitative estimate of drug-likeness (QED) is 0.267. The van der Waals surface area contributed by atoms with E-state index in [0.29, 0.717) is 23.1 Å². The molecule has 0 atom stereocenters. The lowest BCUT2D eigenvalue weighted by Crippen LogP contribution is -2.33. The number of rotatable bonds is 5. The molecule has 2 heterocycles. The lowest BCUT2D eigenvalue weighted by atomic mass is 10.1. The fraction of sp³-hybridized carbons (Fsp3) is 0.105. The van der Waals surface area contributed by atoms with Gasteiger partial charge in [-0.2, -0.15) is 0 Å². The number of nitro groups is 1. The standard InChI is InChI=1S/C19H11BrN2O7S/c20-12-3-1-10(2-4-12)14(23)8-21-18(24)17(30-19(21)25)6-11-5-15-16(29-9-28-15)7-13(11)22(26)27/h1-7H,8-9H2/b17-6-. The average Bonchev–Trinajstić information content (AvgIpc) is 3.27. The summed E-state index contributed by atoms with van der Waals surface area (Å²) in [4.78, 5) is 49.0. The van der Waals surface area contributed by atoms with Gasteiger partial charge in [-0.05, 0) is 36.0 Å². The molecule has 0 bridgehead atoms. The number of imide groups is 1. The van der Waals surface area contributed by atoms with Gasteiger partial charge in [0, 0.05) is 10.0 Å². The highest BCUT2D eigenvalue weighted by molar-refractivity contribution is 9.10. The van der Waals surface area contributed by atoms with Crippen LogP contribution in [0, 0.1) is 10.1 Å². The van der Waals surface area contributed by atoms with Gasteiger partial charge in [-0.15, -0.1) is 0 Å². The second kappa shape index (κ2) is 7.92. The zero-order chi connectivity index (χ0) is 21.4. The van der Waals surface area contributed by atoms with Crippen LogP contribution in [0.3, 0.4) is 0 Å². The number of benzene rings is 2. The molecule has 0 aromatic heterocycles. The second-order valence-corrected chi connectivity index (χ2v) is 8.13. The third-order valence-corrected chi connectivity index (χ3v) is 5.78. The highest BCUT2D eigenvalue weighted by Gasteiger charge is 2.37. The summed E-state index contributed by atoms with van der Waals surface area (Å²) < 4.78 is 11.2. The average molecular weight is 491 g/mol. The minimum Gasteiger partial charge on any atom is -0.454 e. The molecular weight excluding hydrogens is 480 g/mol. The van der Waals surface area contributed by atoms with Crippen molar-refractivity contribution >= 4 is 56.4 Å². The number of thioether (sulfide) groups is 1. The van der Waals surface area contributed by atoms with E-state index in [1.165, 1.54) is 18.2 Å². The first kappa shape index (κ1) is 20.1. The number of carbonyl (C=O) groups is 3. The van der Waals surface area contributed by atoms with E-state index in [1.54, 1.807) is 24.3 Å². The molecule has 0 saturated carbocycles. The first-order valence-corrected chi connectivity index (χ1v) is 10.1. The number of nitro benzene ring substituents is 1. The van der Waals surface area contributed by atoms with Crippen LogP contribution in [-0.4, -0.2) is 40.1 Å². The van der Waals surface area contributed by atoms with E-state index in [9.17, 15) is 24.5 Å². The van der Waals surface area contributed by atoms with Gasteiger partial charge >= 0.3 is 0 Å². The van der Waals surface area contributed by atoms with E-state index < -0.39 is 28.4 Å². The molecule has 2 aromatic rings. The summed E-state index contributed by atoms with van der Waals surface area (Å²) in [7, 11) is 0. The molecule has 0 aliphatic carbocycles. The Morgan fingerprint density at radius 3 is 2.53 bits per heavy atom. The van der Waals surface area contributed by atoms with Crippen LogP contribution < -0.4 is 9.47 Å². The maximum absolute atomic E-state index is 12.7. The van der Waals surface area contributed by atoms with Crippen LogP contribution in [0.15, 0.2) is 45.8 Å². The lowest BCUT2D eigenvalue weighted by Gasteiger charge is -2.11. The smallest absolute Gasteiger partial charge is 0.293 e. The van der Waals surface area contributed by atoms with E-state index in [1.807, 2.05) is 0 Å². The number of hydrogen-bond donors (Lipinski definition) is 0. The number of ether oxygens (including phenoxy) is 2. The molecule has 0 N–H and O–H groups in total. The van der Waals surface area contributed by atoms with Gasteiger partial charge in [-0.3, -0.25) is 29.4 Å². The van der Waals surface area contributed by atoms with Gasteiger partial charge in [0.05, 0.1) is 28.0 Å². The number of nitrogens with zero attached hydrogens (tertiary/aromatic N) is 2. The van der Waals surface area contributed by atoms with Crippen molar-refractivity contribution in [3.8, 4) is 11.5 Å². The van der Waals surface area contributed by atoms with Crippen molar-refractivity contribution in [2.45, 2.75) is 0 Å². The molecule has 11 heteroatoms. The van der Waals surface area contributed by atoms with Crippen LogP contribution in [-0.2, 0) is 4.79 Å². The van der Waals surface area contributed by atoms with Crippen molar-refractivity contribution in [1.29, 1.82) is 0 Å². The third kappa shape index (κ3) is 3.81. The Labute approximate surface area is 181 Å². The molecule has 2 aliphatic rings. The van der Waals surface area contributed by atoms with E-state index >= 15 is 0 Å². The van der Waals surface area contributed by atoms with Gasteiger partial charge in [-0.25, -0.2) is 0 Å². The number of amides is 2. The Morgan fingerprint density at radius 1 is 1.20 bits per heavy atom. The van der Waals surface area contributed by atoms with Crippen LogP contribution in [0.25, 0.3) is 6.08 Å². The van der Waals surface area contributed by atoms with Crippen LogP contribution in [0.5, 0.6) is 11.5 Å². The third-order valence-electron chi connectivity index (χ3n) is 4.35. The van der Waals surface area contributed by atoms with Crippen molar-refractivity contribution < 1.29 is 28.8 Å². The van der Waals surface area contributed by atoms with Crippen LogP contribution in [0.4, 0.5) is 10.5 Å². The highest BCUT2D eigenvalue weighted by Crippen LogP contribution is 2.40. The van der Waals surface area contributed by atoms with E-state index in [-0.39, 0.29) is 28.7 Å². The summed E-state index contributed by atoms with van der Waals surface area (Å²) in [6.45, 7) is -0.489.